The molecule has 0 aromatic heterocycles. The van der Waals surface area contributed by atoms with Crippen LogP contribution in [0.2, 0.25) is 0 Å². The van der Waals surface area contributed by atoms with E-state index in [4.69, 9.17) is 0 Å². The minimum absolute atomic E-state index is 0.154. The van der Waals surface area contributed by atoms with E-state index in [1.807, 2.05) is 25.1 Å². The van der Waals surface area contributed by atoms with Crippen LogP contribution in [0, 0.1) is 42.4 Å². The Morgan fingerprint density at radius 3 is 2.36 bits per heavy atom. The number of anilines is 1. The molecular weight excluding hydrogens is 316 g/mol. The lowest BCUT2D eigenvalue weighted by molar-refractivity contribution is -0.142. The monoisotopic (exact) mass is 336 g/mol. The van der Waals surface area contributed by atoms with Crippen LogP contribution >= 0.6 is 0 Å². The Balaban J connectivity index is 1.33. The van der Waals surface area contributed by atoms with E-state index in [2.05, 4.69) is 17.5 Å². The number of benzene rings is 1. The molecule has 2 bridgehead atoms. The fourth-order valence-electron chi connectivity index (χ4n) is 5.24. The minimum Gasteiger partial charge on any atom is -0.325 e. The van der Waals surface area contributed by atoms with Gasteiger partial charge in [0.05, 0.1) is 11.8 Å². The van der Waals surface area contributed by atoms with E-state index in [0.717, 1.165) is 12.0 Å². The first-order valence-corrected chi connectivity index (χ1v) is 8.94. The predicted molar refractivity (Wildman–Crippen MR) is 91.2 cm³/mol. The van der Waals surface area contributed by atoms with Gasteiger partial charge in [-0.3, -0.25) is 19.3 Å². The molecule has 2 saturated carbocycles. The summed E-state index contributed by atoms with van der Waals surface area (Å²) in [6.45, 7) is 1.76. The maximum absolute atomic E-state index is 12.8. The van der Waals surface area contributed by atoms with Crippen LogP contribution in [-0.4, -0.2) is 29.2 Å². The molecule has 3 amide bonds. The van der Waals surface area contributed by atoms with Crippen molar-refractivity contribution >= 4 is 23.4 Å². The van der Waals surface area contributed by atoms with Crippen molar-refractivity contribution < 1.29 is 14.4 Å². The number of amides is 3. The highest BCUT2D eigenvalue weighted by Crippen LogP contribution is 2.65. The molecule has 0 unspecified atom stereocenters. The molecule has 25 heavy (non-hydrogen) atoms. The average molecular weight is 336 g/mol. The summed E-state index contributed by atoms with van der Waals surface area (Å²) in [7, 11) is 0. The summed E-state index contributed by atoms with van der Waals surface area (Å²) in [6, 6.07) is 7.47. The summed E-state index contributed by atoms with van der Waals surface area (Å²) in [5.74, 6) is 0.441. The van der Waals surface area contributed by atoms with E-state index in [-0.39, 0.29) is 47.9 Å². The van der Waals surface area contributed by atoms with E-state index in [0.29, 0.717) is 17.5 Å². The van der Waals surface area contributed by atoms with Gasteiger partial charge in [0, 0.05) is 5.69 Å². The van der Waals surface area contributed by atoms with Crippen LogP contribution in [0.4, 0.5) is 5.69 Å². The molecule has 5 aliphatic rings. The number of carbonyl (C=O) groups is 3. The number of hydrogen-bond acceptors (Lipinski definition) is 3. The molecule has 1 saturated heterocycles. The second-order valence-corrected chi connectivity index (χ2v) is 7.83. The van der Waals surface area contributed by atoms with Crippen molar-refractivity contribution in [2.45, 2.75) is 13.3 Å². The highest BCUT2D eigenvalue weighted by Gasteiger charge is 2.67. The first-order valence-electron chi connectivity index (χ1n) is 8.94. The van der Waals surface area contributed by atoms with E-state index < -0.39 is 0 Å². The molecule has 3 fully saturated rings. The zero-order valence-corrected chi connectivity index (χ0v) is 14.0. The highest BCUT2D eigenvalue weighted by atomic mass is 16.2. The summed E-state index contributed by atoms with van der Waals surface area (Å²) >= 11 is 0. The molecule has 128 valence electrons. The predicted octanol–water partition coefficient (Wildman–Crippen LogP) is 1.99. The minimum atomic E-state index is -0.323. The molecule has 1 aromatic carbocycles. The first-order chi connectivity index (χ1) is 12.0. The van der Waals surface area contributed by atoms with Crippen LogP contribution in [0.15, 0.2) is 36.4 Å². The van der Waals surface area contributed by atoms with Gasteiger partial charge in [-0.2, -0.15) is 0 Å². The molecule has 6 atom stereocenters. The van der Waals surface area contributed by atoms with Gasteiger partial charge in [-0.05, 0) is 54.7 Å². The summed E-state index contributed by atoms with van der Waals surface area (Å²) < 4.78 is 0. The third-order valence-corrected chi connectivity index (χ3v) is 6.36. The van der Waals surface area contributed by atoms with Gasteiger partial charge in [-0.15, -0.1) is 0 Å². The number of carbonyl (C=O) groups excluding carboxylic acids is 3. The van der Waals surface area contributed by atoms with Crippen molar-refractivity contribution in [3.05, 3.63) is 42.0 Å². The smallest absolute Gasteiger partial charge is 0.244 e. The second-order valence-electron chi connectivity index (χ2n) is 7.83. The Morgan fingerprint density at radius 1 is 1.12 bits per heavy atom. The number of nitrogens with one attached hydrogen (secondary N) is 1. The molecule has 6 rings (SSSR count). The molecule has 1 aliphatic heterocycles. The largest absolute Gasteiger partial charge is 0.325 e. The molecule has 4 aliphatic carbocycles. The van der Waals surface area contributed by atoms with Gasteiger partial charge < -0.3 is 5.32 Å². The Bertz CT molecular complexity index is 794. The van der Waals surface area contributed by atoms with Crippen LogP contribution in [0.25, 0.3) is 0 Å². The quantitative estimate of drug-likeness (QED) is 0.678. The van der Waals surface area contributed by atoms with Crippen LogP contribution in [0.5, 0.6) is 0 Å². The van der Waals surface area contributed by atoms with Crippen LogP contribution in [-0.2, 0) is 14.4 Å². The summed E-state index contributed by atoms with van der Waals surface area (Å²) in [5.41, 5.74) is 1.73. The summed E-state index contributed by atoms with van der Waals surface area (Å²) in [4.78, 5) is 39.2. The Kier molecular flexibility index (Phi) is 3.00. The fraction of sp³-hybridized carbons (Fsp3) is 0.450. The topological polar surface area (TPSA) is 66.5 Å². The van der Waals surface area contributed by atoms with Crippen molar-refractivity contribution in [1.82, 2.24) is 4.90 Å². The molecule has 5 heteroatoms. The number of imide groups is 1. The van der Waals surface area contributed by atoms with E-state index >= 15 is 0 Å². The number of nitrogens with zero attached hydrogens (tertiary/aromatic N) is 1. The number of rotatable bonds is 3. The lowest BCUT2D eigenvalue weighted by Gasteiger charge is -2.37. The Morgan fingerprint density at radius 2 is 1.76 bits per heavy atom. The van der Waals surface area contributed by atoms with Gasteiger partial charge in [-0.1, -0.05) is 24.3 Å². The second kappa shape index (κ2) is 5.04. The molecular formula is C20H20N2O3. The first kappa shape index (κ1) is 14.9. The third kappa shape index (κ3) is 2.11. The summed E-state index contributed by atoms with van der Waals surface area (Å²) in [5, 5.41) is 2.79. The maximum atomic E-state index is 12.8. The van der Waals surface area contributed by atoms with E-state index in [9.17, 15) is 14.4 Å². The molecule has 5 nitrogen and oxygen atoms in total. The van der Waals surface area contributed by atoms with Crippen LogP contribution in [0.3, 0.4) is 0 Å². The zero-order chi connectivity index (χ0) is 17.3. The summed E-state index contributed by atoms with van der Waals surface area (Å²) in [6.07, 6.45) is 5.42. The lowest BCUT2D eigenvalue weighted by Crippen LogP contribution is -2.40. The lowest BCUT2D eigenvalue weighted by atomic mass is 9.63. The Hall–Kier alpha value is -2.43. The zero-order valence-electron chi connectivity index (χ0n) is 14.0. The van der Waals surface area contributed by atoms with Crippen molar-refractivity contribution in [3.63, 3.8) is 0 Å². The number of likely N-dealkylation sites (tertiary alicyclic amines) is 1. The third-order valence-electron chi connectivity index (χ3n) is 6.36. The van der Waals surface area contributed by atoms with E-state index in [1.165, 1.54) is 4.90 Å². The fourth-order valence-corrected chi connectivity index (χ4v) is 5.24. The Labute approximate surface area is 146 Å². The maximum Gasteiger partial charge on any atom is 0.244 e. The molecule has 1 N–H and O–H groups in total. The highest BCUT2D eigenvalue weighted by molar-refractivity contribution is 6.09. The van der Waals surface area contributed by atoms with Gasteiger partial charge in [0.25, 0.3) is 0 Å². The number of hydrogen-bond donors (Lipinski definition) is 1. The van der Waals surface area contributed by atoms with Crippen LogP contribution < -0.4 is 5.32 Å². The molecule has 0 radical (unpaired) electrons. The number of allylic oxidation sites excluding steroid dienone is 2. The van der Waals surface area contributed by atoms with Crippen molar-refractivity contribution in [2.24, 2.45) is 35.5 Å². The molecule has 1 aromatic rings. The SMILES string of the molecule is Cc1cccc(NC(=O)CN2C(=O)[C@@H]3[C@H]4C=C[C@H]([C@H]5C[C@H]45)[C@@H]3C2=O)c1. The molecule has 0 spiro atoms. The van der Waals surface area contributed by atoms with Crippen LogP contribution in [0.1, 0.15) is 12.0 Å². The van der Waals surface area contributed by atoms with Gasteiger partial charge in [-0.25, -0.2) is 0 Å². The van der Waals surface area contributed by atoms with Gasteiger partial charge >= 0.3 is 0 Å². The molecule has 1 heterocycles. The standard InChI is InChI=1S/C20H20N2O3/c1-10-3-2-4-11(7-10)21-16(23)9-22-19(24)17-12-5-6-13(15-8-14(12)15)18(17)20(22)25/h2-7,12-15,17-18H,8-9H2,1H3,(H,21,23)/t12-,13+,14-,15-,17+,18-/m1/s1. The van der Waals surface area contributed by atoms with Crippen molar-refractivity contribution in [2.75, 3.05) is 11.9 Å². The van der Waals surface area contributed by atoms with Gasteiger partial charge in [0.1, 0.15) is 6.54 Å². The van der Waals surface area contributed by atoms with Gasteiger partial charge in [0.15, 0.2) is 0 Å². The van der Waals surface area contributed by atoms with Crippen molar-refractivity contribution in [1.29, 1.82) is 0 Å². The average Bonchev–Trinajstić information content (AvgIpc) is 3.36. The number of aryl methyl sites for hydroxylation is 1. The van der Waals surface area contributed by atoms with Gasteiger partial charge in [0.2, 0.25) is 17.7 Å². The van der Waals surface area contributed by atoms with E-state index in [1.54, 1.807) is 6.07 Å². The normalized spacial score (nSPS) is 37.1. The van der Waals surface area contributed by atoms with Crippen molar-refractivity contribution in [3.8, 4) is 0 Å².